The first kappa shape index (κ1) is 23.7. The van der Waals surface area contributed by atoms with Crippen molar-refractivity contribution in [3.8, 4) is 5.75 Å². The number of hydrogen-bond donors (Lipinski definition) is 3. The summed E-state index contributed by atoms with van der Waals surface area (Å²) >= 11 is 0. The molecule has 2 heterocycles. The van der Waals surface area contributed by atoms with Crippen LogP contribution < -0.4 is 16.0 Å². The number of nitrogens with zero attached hydrogens (tertiary/aromatic N) is 2. The number of aromatic nitrogens is 1. The Morgan fingerprint density at radius 3 is 2.62 bits per heavy atom. The summed E-state index contributed by atoms with van der Waals surface area (Å²) in [6, 6.07) is 14.4. The monoisotopic (exact) mass is 462 g/mol. The van der Waals surface area contributed by atoms with E-state index in [-0.39, 0.29) is 6.42 Å². The maximum absolute atomic E-state index is 12.5. The smallest absolute Gasteiger partial charge is 0.261 e. The second-order valence-electron chi connectivity index (χ2n) is 8.70. The van der Waals surface area contributed by atoms with Gasteiger partial charge in [0.1, 0.15) is 12.4 Å². The van der Waals surface area contributed by atoms with Crippen molar-refractivity contribution in [1.82, 2.24) is 15.4 Å². The number of amides is 2. The topological polar surface area (TPSA) is 118 Å². The van der Waals surface area contributed by atoms with Crippen LogP contribution in [0.25, 0.3) is 10.9 Å². The number of nitrogens with two attached hydrogens (primary N) is 1. The van der Waals surface area contributed by atoms with E-state index in [1.807, 2.05) is 42.2 Å². The molecule has 4 N–H and O–H groups in total. The SMILES string of the molecule is Cc1cc(COc2ccc(C(N)=O)c(C[C@@H](C(=O)NO)N3CCCCC3)c2)c2ccccc2n1. The Labute approximate surface area is 198 Å². The molecule has 8 nitrogen and oxygen atoms in total. The first-order chi connectivity index (χ1) is 16.5. The van der Waals surface area contributed by atoms with E-state index >= 15 is 0 Å². The van der Waals surface area contributed by atoms with E-state index < -0.39 is 17.9 Å². The molecule has 1 aromatic heterocycles. The van der Waals surface area contributed by atoms with E-state index in [4.69, 9.17) is 10.5 Å². The van der Waals surface area contributed by atoms with Crippen molar-refractivity contribution in [2.75, 3.05) is 13.1 Å². The number of piperidine rings is 1. The fourth-order valence-corrected chi connectivity index (χ4v) is 4.64. The van der Waals surface area contributed by atoms with Gasteiger partial charge in [-0.2, -0.15) is 0 Å². The lowest BCUT2D eigenvalue weighted by atomic mass is 9.96. The van der Waals surface area contributed by atoms with Gasteiger partial charge in [0, 0.05) is 22.2 Å². The molecular weight excluding hydrogens is 432 g/mol. The summed E-state index contributed by atoms with van der Waals surface area (Å²) in [5.41, 5.74) is 11.2. The van der Waals surface area contributed by atoms with Gasteiger partial charge >= 0.3 is 0 Å². The molecule has 34 heavy (non-hydrogen) atoms. The van der Waals surface area contributed by atoms with Crippen LogP contribution in [0.15, 0.2) is 48.5 Å². The highest BCUT2D eigenvalue weighted by atomic mass is 16.5. The molecule has 0 spiro atoms. The summed E-state index contributed by atoms with van der Waals surface area (Å²) in [4.78, 5) is 31.2. The number of benzene rings is 2. The molecule has 0 saturated carbocycles. The maximum Gasteiger partial charge on any atom is 0.261 e. The second-order valence-corrected chi connectivity index (χ2v) is 8.70. The maximum atomic E-state index is 12.5. The van der Waals surface area contributed by atoms with Crippen molar-refractivity contribution in [1.29, 1.82) is 0 Å². The number of primary amides is 1. The molecule has 0 unspecified atom stereocenters. The van der Waals surface area contributed by atoms with Gasteiger partial charge in [-0.1, -0.05) is 24.6 Å². The molecule has 1 aliphatic rings. The number of pyridine rings is 1. The number of aryl methyl sites for hydroxylation is 1. The zero-order valence-corrected chi connectivity index (χ0v) is 19.3. The highest BCUT2D eigenvalue weighted by molar-refractivity contribution is 5.95. The number of hydrogen-bond acceptors (Lipinski definition) is 6. The minimum absolute atomic E-state index is 0.235. The van der Waals surface area contributed by atoms with Gasteiger partial charge < -0.3 is 10.5 Å². The molecule has 1 saturated heterocycles. The van der Waals surface area contributed by atoms with Crippen LogP contribution >= 0.6 is 0 Å². The third-order valence-electron chi connectivity index (χ3n) is 6.32. The summed E-state index contributed by atoms with van der Waals surface area (Å²) in [5.74, 6) is -0.498. The van der Waals surface area contributed by atoms with Gasteiger partial charge in [-0.05, 0) is 75.2 Å². The van der Waals surface area contributed by atoms with Gasteiger partial charge in [-0.25, -0.2) is 5.48 Å². The van der Waals surface area contributed by atoms with Crippen LogP contribution in [0.3, 0.4) is 0 Å². The van der Waals surface area contributed by atoms with Crippen LogP contribution in [-0.2, 0) is 17.8 Å². The number of carbonyl (C=O) groups is 2. The molecule has 1 aliphatic heterocycles. The van der Waals surface area contributed by atoms with Crippen molar-refractivity contribution in [3.05, 3.63) is 70.9 Å². The van der Waals surface area contributed by atoms with Crippen LogP contribution in [0.4, 0.5) is 0 Å². The largest absolute Gasteiger partial charge is 0.489 e. The molecule has 1 fully saturated rings. The van der Waals surface area contributed by atoms with Crippen LogP contribution in [0.5, 0.6) is 5.75 Å². The van der Waals surface area contributed by atoms with Gasteiger partial charge in [0.25, 0.3) is 5.91 Å². The number of fused-ring (bicyclic) bond motifs is 1. The summed E-state index contributed by atoms with van der Waals surface area (Å²) < 4.78 is 6.10. The second kappa shape index (κ2) is 10.6. The lowest BCUT2D eigenvalue weighted by Crippen LogP contribution is -2.49. The quantitative estimate of drug-likeness (QED) is 0.350. The van der Waals surface area contributed by atoms with Crippen molar-refractivity contribution in [3.63, 3.8) is 0 Å². The number of para-hydroxylation sites is 1. The summed E-state index contributed by atoms with van der Waals surface area (Å²) in [7, 11) is 0. The molecule has 2 aromatic carbocycles. The molecule has 0 radical (unpaired) electrons. The number of ether oxygens (including phenoxy) is 1. The zero-order chi connectivity index (χ0) is 24.1. The van der Waals surface area contributed by atoms with E-state index in [1.54, 1.807) is 23.7 Å². The number of likely N-dealkylation sites (tertiary alicyclic amines) is 1. The molecule has 8 heteroatoms. The van der Waals surface area contributed by atoms with E-state index in [0.29, 0.717) is 23.5 Å². The normalized spacial score (nSPS) is 15.1. The van der Waals surface area contributed by atoms with E-state index in [9.17, 15) is 14.8 Å². The molecule has 2 amide bonds. The Kier molecular flexibility index (Phi) is 7.40. The van der Waals surface area contributed by atoms with Gasteiger partial charge in [0.2, 0.25) is 5.91 Å². The average Bonchev–Trinajstić information content (AvgIpc) is 2.85. The summed E-state index contributed by atoms with van der Waals surface area (Å²) in [6.07, 6.45) is 3.32. The predicted molar refractivity (Wildman–Crippen MR) is 129 cm³/mol. The van der Waals surface area contributed by atoms with Crippen LogP contribution in [0, 0.1) is 6.92 Å². The Bertz CT molecular complexity index is 1190. The number of hydroxylamine groups is 1. The lowest BCUT2D eigenvalue weighted by molar-refractivity contribution is -0.135. The Morgan fingerprint density at radius 2 is 1.88 bits per heavy atom. The van der Waals surface area contributed by atoms with Crippen molar-refractivity contribution in [2.45, 2.75) is 45.3 Å². The van der Waals surface area contributed by atoms with Gasteiger partial charge in [0.05, 0.1) is 11.6 Å². The van der Waals surface area contributed by atoms with Crippen LogP contribution in [-0.4, -0.2) is 46.0 Å². The minimum atomic E-state index is -0.606. The Balaban J connectivity index is 1.60. The number of rotatable bonds is 8. The minimum Gasteiger partial charge on any atom is -0.489 e. The van der Waals surface area contributed by atoms with E-state index in [1.165, 1.54) is 0 Å². The molecule has 0 aliphatic carbocycles. The predicted octanol–water partition coefficient (Wildman–Crippen LogP) is 3.12. The molecular formula is C26H30N4O4. The summed E-state index contributed by atoms with van der Waals surface area (Å²) in [5, 5.41) is 10.3. The van der Waals surface area contributed by atoms with Gasteiger partial charge in [-0.15, -0.1) is 0 Å². The molecule has 178 valence electrons. The summed E-state index contributed by atoms with van der Waals surface area (Å²) in [6.45, 7) is 3.79. The van der Waals surface area contributed by atoms with Crippen molar-refractivity contribution >= 4 is 22.7 Å². The first-order valence-electron chi connectivity index (χ1n) is 11.5. The highest BCUT2D eigenvalue weighted by Crippen LogP contribution is 2.25. The fourth-order valence-electron chi connectivity index (χ4n) is 4.64. The van der Waals surface area contributed by atoms with Gasteiger partial charge in [-0.3, -0.25) is 24.7 Å². The third-order valence-corrected chi connectivity index (χ3v) is 6.32. The Morgan fingerprint density at radius 1 is 1.12 bits per heavy atom. The fraction of sp³-hybridized carbons (Fsp3) is 0.346. The molecule has 1 atom stereocenters. The van der Waals surface area contributed by atoms with Gasteiger partial charge in [0.15, 0.2) is 0 Å². The van der Waals surface area contributed by atoms with Crippen molar-refractivity contribution < 1.29 is 19.5 Å². The standard InChI is InChI=1S/C26H30N4O4/c1-17-13-19(21-7-3-4-8-23(21)28-17)16-34-20-9-10-22(25(27)31)18(14-20)15-24(26(32)29-33)30-11-5-2-6-12-30/h3-4,7-10,13-14,24,33H,2,5-6,11-12,15-16H2,1H3,(H2,27,31)(H,29,32)/t24-/m0/s1. The van der Waals surface area contributed by atoms with Crippen molar-refractivity contribution in [2.24, 2.45) is 5.73 Å². The van der Waals surface area contributed by atoms with Crippen LogP contribution in [0.2, 0.25) is 0 Å². The van der Waals surface area contributed by atoms with Crippen LogP contribution in [0.1, 0.15) is 46.4 Å². The van der Waals surface area contributed by atoms with E-state index in [0.717, 1.165) is 54.5 Å². The molecule has 0 bridgehead atoms. The lowest BCUT2D eigenvalue weighted by Gasteiger charge is -2.33. The number of carbonyl (C=O) groups excluding carboxylic acids is 2. The van der Waals surface area contributed by atoms with E-state index in [2.05, 4.69) is 4.98 Å². The highest BCUT2D eigenvalue weighted by Gasteiger charge is 2.28. The molecule has 3 aromatic rings. The number of nitrogens with one attached hydrogen (secondary N) is 1. The first-order valence-corrected chi connectivity index (χ1v) is 11.5. The third kappa shape index (κ3) is 5.35. The Hall–Kier alpha value is -3.49. The zero-order valence-electron chi connectivity index (χ0n) is 19.3. The average molecular weight is 463 g/mol. The molecule has 4 rings (SSSR count).